The van der Waals surface area contributed by atoms with E-state index in [1.54, 1.807) is 12.1 Å². The van der Waals surface area contributed by atoms with E-state index in [1.165, 1.54) is 57.6 Å². The van der Waals surface area contributed by atoms with E-state index in [4.69, 9.17) is 9.47 Å². The molecule has 0 saturated carbocycles. The fourth-order valence-corrected chi connectivity index (χ4v) is 17.2. The van der Waals surface area contributed by atoms with Gasteiger partial charge in [-0.2, -0.15) is 0 Å². The van der Waals surface area contributed by atoms with E-state index in [9.17, 15) is 10.2 Å². The molecule has 0 atom stereocenters. The van der Waals surface area contributed by atoms with Gasteiger partial charge in [0, 0.05) is 71.4 Å². The van der Waals surface area contributed by atoms with Gasteiger partial charge in [-0.15, -0.1) is 0 Å². The van der Waals surface area contributed by atoms with E-state index in [0.29, 0.717) is 64.5 Å². The number of hydrogen-bond acceptors (Lipinski definition) is 2. The third-order valence-corrected chi connectivity index (χ3v) is 22.6. The quantitative estimate of drug-likeness (QED) is 0.0296. The van der Waals surface area contributed by atoms with Crippen molar-refractivity contribution in [2.24, 2.45) is 10.8 Å². The van der Waals surface area contributed by atoms with Crippen molar-refractivity contribution in [3.63, 3.8) is 0 Å². The standard InChI is InChI=1S/C103H118F2O4.2CH3.Hf/c1-25-62-28-32-64(33-29-62)90-74-42-36-68(100(15,16)17)52-82(74)92(76-44-38-66(50-80(76)90)98(9,10)11)86-56-70(102(21,22)60-96(3,4)5)54-84(94(86)106)78-58-72(104)40-46-88(78)108-48-27-49-109-89-47-41-73(105)59-79(89)85-55-71(103(23,24)61-97(6,7)8)57-87(95(85)107)93-77-45-39-67(99(12,13)14)51-81(77)91(65-34-30-63(26-2)31-35-65)75-43-37-69(53-83(75)93)101(18,19)20;;;/h28-47,50-59,106-107H,25-27,48-49,60-61H2,1-24H3;2*1H3;/q;2*-1;/p+2. The molecule has 0 radical (unpaired) electrons. The molecule has 0 aliphatic rings. The van der Waals surface area contributed by atoms with Gasteiger partial charge in [-0.05, 0) is 252 Å². The van der Waals surface area contributed by atoms with Crippen LogP contribution in [-0.4, -0.2) is 32.9 Å². The Bertz CT molecular complexity index is 5120. The number of aromatic hydroxyl groups is 4. The Kier molecular flexibility index (Phi) is 25.4. The Morgan fingerprint density at radius 3 is 0.848 bits per heavy atom. The number of aliphatic hydroxyl groups is 2. The third-order valence-electron chi connectivity index (χ3n) is 22.6. The average molecular weight is 1670 g/mol. The van der Waals surface area contributed by atoms with Crippen LogP contribution >= 0.6 is 0 Å². The van der Waals surface area contributed by atoms with Crippen LogP contribution < -0.4 is 0 Å². The molecular formula is C105H126F2HfO4. The fraction of sp³-hybridized carbons (Fsp3) is 0.371. The van der Waals surface area contributed by atoms with Crippen molar-refractivity contribution in [2.75, 3.05) is 13.2 Å². The van der Waals surface area contributed by atoms with Crippen LogP contribution in [0.15, 0.2) is 182 Å². The number of fused-ring (bicyclic) bond motifs is 4. The summed E-state index contributed by atoms with van der Waals surface area (Å²) < 4.78 is 43.4. The Hall–Kier alpha value is -8.39. The second kappa shape index (κ2) is 32.5. The van der Waals surface area contributed by atoms with Crippen molar-refractivity contribution in [2.45, 2.75) is 231 Å². The zero-order valence-electron chi connectivity index (χ0n) is 72.3. The summed E-state index contributed by atoms with van der Waals surface area (Å²) in [5.74, 6) is 0.310. The summed E-state index contributed by atoms with van der Waals surface area (Å²) in [6, 6.07) is 63.5. The van der Waals surface area contributed by atoms with Crippen LogP contribution in [0.25, 0.3) is 110 Å². The number of phenolic OH excluding ortho intramolecular Hbond substituents is 2. The molecule has 12 aromatic carbocycles. The molecule has 0 aliphatic heterocycles. The summed E-state index contributed by atoms with van der Waals surface area (Å²) >= 11 is 0. The zero-order valence-corrected chi connectivity index (χ0v) is 75.9. The first-order valence-electron chi connectivity index (χ1n) is 39.8. The Labute approximate surface area is 690 Å². The Morgan fingerprint density at radius 1 is 0.295 bits per heavy atom. The molecule has 0 saturated heterocycles. The van der Waals surface area contributed by atoms with Crippen LogP contribution in [0.1, 0.15) is 230 Å². The molecule has 4 nitrogen and oxygen atoms in total. The summed E-state index contributed by atoms with van der Waals surface area (Å²) in [5.41, 5.74) is 17.4. The minimum Gasteiger partial charge on any atom is -0.582 e. The zero-order chi connectivity index (χ0) is 79.2. The molecule has 112 heavy (non-hydrogen) atoms. The van der Waals surface area contributed by atoms with Crippen molar-refractivity contribution >= 4 is 43.1 Å². The van der Waals surface area contributed by atoms with Gasteiger partial charge in [0.05, 0.1) is 11.1 Å². The molecule has 4 N–H and O–H groups in total. The van der Waals surface area contributed by atoms with Crippen molar-refractivity contribution in [1.29, 1.82) is 0 Å². The molecule has 0 heterocycles. The van der Waals surface area contributed by atoms with Crippen LogP contribution in [0.3, 0.4) is 0 Å². The van der Waals surface area contributed by atoms with Gasteiger partial charge in [0.2, 0.25) is 0 Å². The Balaban J connectivity index is 0.00000480. The minimum atomic E-state index is -0.440. The van der Waals surface area contributed by atoms with Gasteiger partial charge < -0.3 is 34.5 Å². The molecule has 0 fully saturated rings. The van der Waals surface area contributed by atoms with E-state index in [2.05, 4.69) is 312 Å². The summed E-state index contributed by atoms with van der Waals surface area (Å²) in [7, 11) is 0. The van der Waals surface area contributed by atoms with Gasteiger partial charge in [-0.1, -0.05) is 263 Å². The molecule has 12 aromatic rings. The molecule has 0 amide bonds. The summed E-state index contributed by atoms with van der Waals surface area (Å²) in [6.07, 6.45) is 4.01. The molecular weight excluding hydrogens is 1540 g/mol. The normalized spacial score (nSPS) is 12.7. The van der Waals surface area contributed by atoms with Gasteiger partial charge in [0.1, 0.15) is 29.6 Å². The van der Waals surface area contributed by atoms with Crippen molar-refractivity contribution < 1.29 is 54.3 Å². The van der Waals surface area contributed by atoms with Gasteiger partial charge in [0.15, 0.2) is 13.2 Å². The van der Waals surface area contributed by atoms with Crippen LogP contribution in [0.4, 0.5) is 8.78 Å². The van der Waals surface area contributed by atoms with E-state index >= 15 is 8.78 Å². The maximum atomic E-state index is 16.4. The number of ether oxygens (including phenoxy) is 2. The van der Waals surface area contributed by atoms with E-state index in [-0.39, 0.29) is 84.7 Å². The topological polar surface area (TPSA) is 66.1 Å². The second-order valence-electron chi connectivity index (χ2n) is 39.2. The maximum Gasteiger partial charge on any atom is 0.262 e. The van der Waals surface area contributed by atoms with Gasteiger partial charge >= 0.3 is 0 Å². The predicted molar refractivity (Wildman–Crippen MR) is 477 cm³/mol. The molecule has 12 rings (SSSR count). The maximum absolute atomic E-state index is 16.4. The first-order chi connectivity index (χ1) is 50.8. The van der Waals surface area contributed by atoms with E-state index in [0.717, 1.165) is 113 Å². The van der Waals surface area contributed by atoms with Gasteiger partial charge in [-0.3, -0.25) is 0 Å². The summed E-state index contributed by atoms with van der Waals surface area (Å²) in [4.78, 5) is 0. The van der Waals surface area contributed by atoms with E-state index in [1.807, 2.05) is 0 Å². The largest absolute Gasteiger partial charge is 0.582 e. The van der Waals surface area contributed by atoms with Gasteiger partial charge in [0.25, 0.3) is 11.5 Å². The molecule has 588 valence electrons. The number of halogens is 2. The number of benzene rings is 12. The first kappa shape index (κ1) is 87.6. The molecule has 0 aromatic heterocycles. The van der Waals surface area contributed by atoms with Crippen molar-refractivity contribution in [3.8, 4) is 89.8 Å². The first-order valence-corrected chi connectivity index (χ1v) is 39.8. The van der Waals surface area contributed by atoms with Crippen LogP contribution in [0.5, 0.6) is 23.0 Å². The summed E-state index contributed by atoms with van der Waals surface area (Å²) in [6.45, 7) is 54.8. The van der Waals surface area contributed by atoms with Crippen LogP contribution in [0, 0.1) is 37.3 Å². The number of hydrogen-bond donors (Lipinski definition) is 2. The number of rotatable bonds is 18. The minimum absolute atomic E-state index is 0. The molecule has 0 aliphatic carbocycles. The van der Waals surface area contributed by atoms with Gasteiger partial charge in [-0.25, -0.2) is 8.78 Å². The van der Waals surface area contributed by atoms with Crippen LogP contribution in [-0.2, 0) is 71.2 Å². The average Bonchev–Trinajstić information content (AvgIpc) is 0.721. The fourth-order valence-electron chi connectivity index (χ4n) is 17.2. The smallest absolute Gasteiger partial charge is 0.262 e. The Morgan fingerprint density at radius 2 is 0.571 bits per heavy atom. The SMILES string of the molecule is CCc1ccc(-c2c3cc(C(C)(C)C)ccc3c(-c3cc(C(C)(C)CC(C)(C)C)cc(-c4cc(F)ccc4[OH+]CCC[OH+]c4ccc(F)cc4-c4cc(C(C)(C)CC(C)(C)C)cc(-c5c6ccc(C(C)(C)C)cc6c(-c6ccc(CC)cc6)c6ccc(C(C)(C)C)cc56)c4O)c3O)c3cc(C(C)(C)C)ccc23)cc1.[CH3-].[CH3-].[Hf]. The monoisotopic (exact) mass is 1670 g/mol. The second-order valence-corrected chi connectivity index (χ2v) is 39.2. The predicted octanol–water partition coefficient (Wildman–Crippen LogP) is 30.2. The number of aryl methyl sites for hydroxylation is 2. The van der Waals surface area contributed by atoms with Crippen molar-refractivity contribution in [1.82, 2.24) is 0 Å². The van der Waals surface area contributed by atoms with E-state index < -0.39 is 22.5 Å². The van der Waals surface area contributed by atoms with Crippen LogP contribution in [0.2, 0.25) is 0 Å². The third kappa shape index (κ3) is 18.2. The molecule has 7 heteroatoms. The van der Waals surface area contributed by atoms with Crippen molar-refractivity contribution in [3.05, 3.63) is 253 Å². The number of phenols is 2. The molecule has 0 bridgehead atoms. The summed E-state index contributed by atoms with van der Waals surface area (Å²) in [5, 5.41) is 35.7. The molecule has 0 unspecified atom stereocenters. The molecule has 0 spiro atoms.